The van der Waals surface area contributed by atoms with E-state index in [1.165, 1.54) is 29.7 Å². The summed E-state index contributed by atoms with van der Waals surface area (Å²) in [5.74, 6) is 2.24. The van der Waals surface area contributed by atoms with Crippen molar-refractivity contribution in [2.75, 3.05) is 17.2 Å². The summed E-state index contributed by atoms with van der Waals surface area (Å²) < 4.78 is 0. The summed E-state index contributed by atoms with van der Waals surface area (Å²) in [7, 11) is 0.799. The van der Waals surface area contributed by atoms with Crippen molar-refractivity contribution in [3.8, 4) is 0 Å². The van der Waals surface area contributed by atoms with Crippen molar-refractivity contribution in [1.29, 1.82) is 0 Å². The number of benzene rings is 1. The Bertz CT molecular complexity index is 940. The minimum Gasteiger partial charge on any atom is -0.385 e. The Labute approximate surface area is 190 Å². The molecular weight excluding hydrogens is 397 g/mol. The van der Waals surface area contributed by atoms with Gasteiger partial charge in [-0.25, -0.2) is 0 Å². The first-order chi connectivity index (χ1) is 14.7. The minimum atomic E-state index is 0. The molecule has 4 heteroatoms. The van der Waals surface area contributed by atoms with Crippen LogP contribution in [0, 0.1) is 0 Å². The molecule has 164 valence electrons. The van der Waals surface area contributed by atoms with Crippen LogP contribution < -0.4 is 10.6 Å². The lowest BCUT2D eigenvalue weighted by molar-refractivity contribution is 0.834. The van der Waals surface area contributed by atoms with Crippen molar-refractivity contribution in [2.45, 2.75) is 46.7 Å². The van der Waals surface area contributed by atoms with Crippen LogP contribution in [-0.2, 0) is 12.6 Å². The minimum absolute atomic E-state index is 0. The number of anilines is 2. The number of nitrogens with zero attached hydrogens (tertiary/aromatic N) is 1. The van der Waals surface area contributed by atoms with E-state index in [9.17, 15) is 0 Å². The maximum Gasteiger partial charge on any atom is 0.0723 e. The SMILES string of the molecule is C.C=CNc1cc(C(/C=C\Cc2ccc(NCCCC)cc2)=C/C)nc2c1C=CPC2. The van der Waals surface area contributed by atoms with E-state index in [1.807, 2.05) is 0 Å². The third kappa shape index (κ3) is 6.94. The van der Waals surface area contributed by atoms with E-state index in [2.05, 4.69) is 91.5 Å². The molecule has 3 rings (SSSR count). The molecule has 0 saturated carbocycles. The van der Waals surface area contributed by atoms with Crippen molar-refractivity contribution in [1.82, 2.24) is 4.98 Å². The van der Waals surface area contributed by atoms with Crippen molar-refractivity contribution in [3.63, 3.8) is 0 Å². The molecule has 0 fully saturated rings. The maximum absolute atomic E-state index is 4.95. The monoisotopic (exact) mass is 433 g/mol. The molecule has 2 aromatic rings. The number of allylic oxidation sites excluding steroid dienone is 4. The summed E-state index contributed by atoms with van der Waals surface area (Å²) in [6, 6.07) is 10.9. The molecule has 0 bridgehead atoms. The molecule has 1 atom stereocenters. The smallest absolute Gasteiger partial charge is 0.0723 e. The van der Waals surface area contributed by atoms with Gasteiger partial charge in [-0.15, -0.1) is 0 Å². The largest absolute Gasteiger partial charge is 0.385 e. The number of rotatable bonds is 10. The summed E-state index contributed by atoms with van der Waals surface area (Å²) in [6.07, 6.45) is 14.8. The van der Waals surface area contributed by atoms with Gasteiger partial charge in [0, 0.05) is 29.6 Å². The number of hydrogen-bond acceptors (Lipinski definition) is 3. The zero-order valence-electron chi connectivity index (χ0n) is 18.0. The highest BCUT2D eigenvalue weighted by Gasteiger charge is 2.13. The van der Waals surface area contributed by atoms with Crippen LogP contribution in [-0.4, -0.2) is 11.5 Å². The molecule has 2 heterocycles. The Morgan fingerprint density at radius 2 is 2.06 bits per heavy atom. The topological polar surface area (TPSA) is 37.0 Å². The van der Waals surface area contributed by atoms with Crippen molar-refractivity contribution < 1.29 is 0 Å². The maximum atomic E-state index is 4.95. The second-order valence-electron chi connectivity index (χ2n) is 7.31. The Hall–Kier alpha value is -2.64. The van der Waals surface area contributed by atoms with Crippen molar-refractivity contribution in [2.24, 2.45) is 0 Å². The van der Waals surface area contributed by atoms with Gasteiger partial charge in [0.2, 0.25) is 0 Å². The van der Waals surface area contributed by atoms with E-state index in [0.717, 1.165) is 50.4 Å². The number of hydrogen-bond donors (Lipinski definition) is 2. The van der Waals surface area contributed by atoms with E-state index < -0.39 is 0 Å². The van der Waals surface area contributed by atoms with Gasteiger partial charge in [-0.2, -0.15) is 0 Å². The number of aromatic nitrogens is 1. The lowest BCUT2D eigenvalue weighted by atomic mass is 10.0. The molecule has 3 nitrogen and oxygen atoms in total. The van der Waals surface area contributed by atoms with Gasteiger partial charge in [-0.1, -0.05) is 78.2 Å². The predicted molar refractivity (Wildman–Crippen MR) is 142 cm³/mol. The molecule has 0 radical (unpaired) electrons. The summed E-state index contributed by atoms with van der Waals surface area (Å²) in [4.78, 5) is 4.95. The summed E-state index contributed by atoms with van der Waals surface area (Å²) in [6.45, 7) is 9.14. The molecule has 1 aliphatic heterocycles. The van der Waals surface area contributed by atoms with Crippen molar-refractivity contribution >= 4 is 31.6 Å². The van der Waals surface area contributed by atoms with Gasteiger partial charge in [0.1, 0.15) is 0 Å². The zero-order chi connectivity index (χ0) is 21.2. The van der Waals surface area contributed by atoms with Crippen LogP contribution in [0.25, 0.3) is 11.6 Å². The van der Waals surface area contributed by atoms with Crippen LogP contribution in [0.15, 0.2) is 67.2 Å². The average molecular weight is 434 g/mol. The van der Waals surface area contributed by atoms with Crippen molar-refractivity contribution in [3.05, 3.63) is 89.7 Å². The molecule has 0 saturated heterocycles. The second kappa shape index (κ2) is 12.9. The Kier molecular flexibility index (Phi) is 10.3. The van der Waals surface area contributed by atoms with Crippen LogP contribution in [0.3, 0.4) is 0 Å². The van der Waals surface area contributed by atoms with Crippen LogP contribution in [0.4, 0.5) is 11.4 Å². The Morgan fingerprint density at radius 3 is 2.77 bits per heavy atom. The highest BCUT2D eigenvalue weighted by atomic mass is 31.1. The van der Waals surface area contributed by atoms with Gasteiger partial charge in [0.25, 0.3) is 0 Å². The molecule has 31 heavy (non-hydrogen) atoms. The predicted octanol–water partition coefficient (Wildman–Crippen LogP) is 7.85. The third-order valence-electron chi connectivity index (χ3n) is 5.10. The fourth-order valence-electron chi connectivity index (χ4n) is 3.42. The van der Waals surface area contributed by atoms with Crippen LogP contribution in [0.1, 0.15) is 56.6 Å². The standard InChI is InChI=1S/C26H32N3P.CH4/c1-4-7-16-28-22-13-11-20(12-14-22)9-8-10-21(5-2)24-18-25(27-6-3)23-15-17-30-19-26(23)29-24;/h5-6,8,10-15,17-18,28,30H,3-4,7,9,16,19H2,1-2H3,(H,27,29);1H4/b10-8-,21-5+;. The molecule has 1 aromatic heterocycles. The van der Waals surface area contributed by atoms with E-state index in [-0.39, 0.29) is 7.43 Å². The highest BCUT2D eigenvalue weighted by Crippen LogP contribution is 2.34. The van der Waals surface area contributed by atoms with E-state index in [1.54, 1.807) is 6.20 Å². The quantitative estimate of drug-likeness (QED) is 0.227. The first kappa shape index (κ1) is 24.6. The third-order valence-corrected chi connectivity index (χ3v) is 6.04. The summed E-state index contributed by atoms with van der Waals surface area (Å²) >= 11 is 0. The molecule has 1 aliphatic rings. The van der Waals surface area contributed by atoms with Crippen LogP contribution in [0.2, 0.25) is 0 Å². The molecule has 1 aromatic carbocycles. The highest BCUT2D eigenvalue weighted by molar-refractivity contribution is 7.41. The van der Waals surface area contributed by atoms with E-state index >= 15 is 0 Å². The van der Waals surface area contributed by atoms with Crippen LogP contribution >= 0.6 is 8.58 Å². The summed E-state index contributed by atoms with van der Waals surface area (Å²) in [5.41, 5.74) is 8.07. The average Bonchev–Trinajstić information content (AvgIpc) is 2.78. The molecule has 0 spiro atoms. The number of fused-ring (bicyclic) bond motifs is 1. The second-order valence-corrected chi connectivity index (χ2v) is 8.40. The fraction of sp³-hybridized carbons (Fsp3) is 0.296. The number of unbranched alkanes of at least 4 members (excludes halogenated alkanes) is 1. The zero-order valence-corrected chi connectivity index (χ0v) is 19.0. The molecule has 1 unspecified atom stereocenters. The van der Waals surface area contributed by atoms with Gasteiger partial charge < -0.3 is 10.6 Å². The van der Waals surface area contributed by atoms with Gasteiger partial charge in [0.05, 0.1) is 11.4 Å². The Morgan fingerprint density at radius 1 is 1.26 bits per heavy atom. The van der Waals surface area contributed by atoms with Gasteiger partial charge in [-0.05, 0) is 55.3 Å². The normalized spacial score (nSPS) is 13.7. The fourth-order valence-corrected chi connectivity index (χ4v) is 4.29. The molecule has 0 amide bonds. The van der Waals surface area contributed by atoms with E-state index in [4.69, 9.17) is 4.98 Å². The summed E-state index contributed by atoms with van der Waals surface area (Å²) in [5, 5.41) is 6.74. The van der Waals surface area contributed by atoms with Gasteiger partial charge in [0.15, 0.2) is 0 Å². The lowest BCUT2D eigenvalue weighted by Crippen LogP contribution is -2.03. The van der Waals surface area contributed by atoms with Gasteiger partial charge in [-0.3, -0.25) is 4.98 Å². The molecular formula is C27H36N3P. The first-order valence-electron chi connectivity index (χ1n) is 10.7. The molecule has 0 aliphatic carbocycles. The molecule has 2 N–H and O–H groups in total. The van der Waals surface area contributed by atoms with E-state index in [0.29, 0.717) is 0 Å². The number of nitrogens with one attached hydrogen (secondary N) is 2. The lowest BCUT2D eigenvalue weighted by Gasteiger charge is -2.16. The number of pyridine rings is 1. The van der Waals surface area contributed by atoms with Gasteiger partial charge >= 0.3 is 0 Å². The first-order valence-corrected chi connectivity index (χ1v) is 12.0. The van der Waals surface area contributed by atoms with Crippen LogP contribution in [0.5, 0.6) is 0 Å². The Balaban J connectivity index is 0.00000341.